The minimum atomic E-state index is -4.09. The molecule has 0 saturated carbocycles. The first-order valence-corrected chi connectivity index (χ1v) is 5.67. The summed E-state index contributed by atoms with van der Waals surface area (Å²) >= 11 is 0. The fourth-order valence-electron chi connectivity index (χ4n) is 2.46. The number of alkyl halides is 3. The van der Waals surface area contributed by atoms with E-state index in [-0.39, 0.29) is 5.92 Å². The molecule has 15 heavy (non-hydrogen) atoms. The summed E-state index contributed by atoms with van der Waals surface area (Å²) in [5.41, 5.74) is 0. The Morgan fingerprint density at radius 3 is 2.27 bits per heavy atom. The Hall–Kier alpha value is -0.250. The first kappa shape index (κ1) is 12.8. The molecule has 1 saturated heterocycles. The van der Waals surface area contributed by atoms with E-state index >= 15 is 0 Å². The lowest BCUT2D eigenvalue weighted by molar-refractivity contribution is -0.192. The molecule has 90 valence electrons. The summed E-state index contributed by atoms with van der Waals surface area (Å²) in [5, 5.41) is 0. The Morgan fingerprint density at radius 1 is 1.33 bits per heavy atom. The molecule has 0 amide bonds. The van der Waals surface area contributed by atoms with Crippen LogP contribution in [0, 0.1) is 11.8 Å². The van der Waals surface area contributed by atoms with E-state index in [1.807, 2.05) is 6.92 Å². The van der Waals surface area contributed by atoms with Crippen LogP contribution in [0.15, 0.2) is 0 Å². The van der Waals surface area contributed by atoms with Crippen LogP contribution in [0.3, 0.4) is 0 Å². The molecule has 4 heteroatoms. The van der Waals surface area contributed by atoms with Gasteiger partial charge < -0.3 is 0 Å². The molecule has 1 heterocycles. The molecule has 0 aromatic rings. The maximum Gasteiger partial charge on any atom is 0.404 e. The summed E-state index contributed by atoms with van der Waals surface area (Å²) in [7, 11) is 0. The highest BCUT2D eigenvalue weighted by molar-refractivity contribution is 4.87. The zero-order valence-electron chi connectivity index (χ0n) is 9.64. The highest BCUT2D eigenvalue weighted by Crippen LogP contribution is 2.34. The number of nitrogens with zero attached hydrogens (tertiary/aromatic N) is 1. The average Bonchev–Trinajstić information content (AvgIpc) is 2.49. The molecule has 1 aliphatic rings. The normalized spacial score (nSPS) is 26.2. The van der Waals surface area contributed by atoms with Gasteiger partial charge >= 0.3 is 6.18 Å². The Kier molecular flexibility index (Phi) is 4.04. The van der Waals surface area contributed by atoms with Gasteiger partial charge in [-0.25, -0.2) is 0 Å². The van der Waals surface area contributed by atoms with Gasteiger partial charge in [-0.3, -0.25) is 4.90 Å². The maximum atomic E-state index is 12.8. The van der Waals surface area contributed by atoms with E-state index in [9.17, 15) is 13.2 Å². The van der Waals surface area contributed by atoms with Crippen LogP contribution in [0.1, 0.15) is 33.6 Å². The number of hydrogen-bond donors (Lipinski definition) is 0. The lowest BCUT2D eigenvalue weighted by Crippen LogP contribution is -2.47. The fourth-order valence-corrected chi connectivity index (χ4v) is 2.46. The molecule has 1 fully saturated rings. The number of likely N-dealkylation sites (tertiary alicyclic amines) is 1. The summed E-state index contributed by atoms with van der Waals surface area (Å²) in [6.45, 7) is 6.56. The lowest BCUT2D eigenvalue weighted by atomic mass is 10.0. The van der Waals surface area contributed by atoms with Gasteiger partial charge in [0.15, 0.2) is 0 Å². The van der Waals surface area contributed by atoms with Crippen molar-refractivity contribution < 1.29 is 13.2 Å². The van der Waals surface area contributed by atoms with Crippen molar-refractivity contribution in [2.75, 3.05) is 13.1 Å². The van der Waals surface area contributed by atoms with E-state index in [1.54, 1.807) is 18.7 Å². The molecule has 0 aromatic carbocycles. The van der Waals surface area contributed by atoms with Crippen molar-refractivity contribution in [3.05, 3.63) is 0 Å². The van der Waals surface area contributed by atoms with E-state index in [0.29, 0.717) is 19.0 Å². The second-order valence-electron chi connectivity index (χ2n) is 4.79. The van der Waals surface area contributed by atoms with Gasteiger partial charge in [0.1, 0.15) is 6.04 Å². The van der Waals surface area contributed by atoms with E-state index in [4.69, 9.17) is 0 Å². The second kappa shape index (κ2) is 4.73. The quantitative estimate of drug-likeness (QED) is 0.709. The molecule has 0 aromatic heterocycles. The predicted octanol–water partition coefficient (Wildman–Crippen LogP) is 3.31. The van der Waals surface area contributed by atoms with Gasteiger partial charge in [-0.05, 0) is 24.8 Å². The first-order valence-electron chi connectivity index (χ1n) is 5.67. The van der Waals surface area contributed by atoms with Crippen molar-refractivity contribution in [2.24, 2.45) is 11.8 Å². The summed E-state index contributed by atoms with van der Waals surface area (Å²) in [6.07, 6.45) is -2.19. The van der Waals surface area contributed by atoms with Gasteiger partial charge in [0, 0.05) is 6.54 Å². The Bertz CT molecular complexity index is 200. The van der Waals surface area contributed by atoms with Crippen molar-refractivity contribution in [3.8, 4) is 0 Å². The Morgan fingerprint density at radius 2 is 1.93 bits per heavy atom. The smallest absolute Gasteiger partial charge is 0.292 e. The van der Waals surface area contributed by atoms with Crippen LogP contribution >= 0.6 is 0 Å². The van der Waals surface area contributed by atoms with Gasteiger partial charge in [0.25, 0.3) is 0 Å². The molecule has 0 N–H and O–H groups in total. The summed E-state index contributed by atoms with van der Waals surface area (Å²) in [4.78, 5) is 1.61. The fraction of sp³-hybridized carbons (Fsp3) is 1.00. The maximum absolute atomic E-state index is 12.8. The topological polar surface area (TPSA) is 3.24 Å². The van der Waals surface area contributed by atoms with Crippen molar-refractivity contribution >= 4 is 0 Å². The van der Waals surface area contributed by atoms with Crippen LogP contribution in [0.5, 0.6) is 0 Å². The molecule has 0 aliphatic carbocycles. The molecule has 0 bridgehead atoms. The molecule has 2 atom stereocenters. The zero-order valence-corrected chi connectivity index (χ0v) is 9.64. The van der Waals surface area contributed by atoms with Gasteiger partial charge in [-0.15, -0.1) is 0 Å². The van der Waals surface area contributed by atoms with E-state index in [1.165, 1.54) is 0 Å². The van der Waals surface area contributed by atoms with Crippen LogP contribution in [0.25, 0.3) is 0 Å². The summed E-state index contributed by atoms with van der Waals surface area (Å²) in [6, 6.07) is -1.26. The molecular weight excluding hydrogens is 203 g/mol. The minimum Gasteiger partial charge on any atom is -0.292 e. The summed E-state index contributed by atoms with van der Waals surface area (Å²) in [5.74, 6) is 0.0919. The van der Waals surface area contributed by atoms with Crippen LogP contribution < -0.4 is 0 Å². The monoisotopic (exact) mass is 223 g/mol. The third-order valence-corrected chi connectivity index (χ3v) is 3.25. The van der Waals surface area contributed by atoms with Crippen LogP contribution in [0.2, 0.25) is 0 Å². The first-order chi connectivity index (χ1) is 6.86. The molecule has 0 spiro atoms. The summed E-state index contributed by atoms with van der Waals surface area (Å²) < 4.78 is 38.4. The van der Waals surface area contributed by atoms with Gasteiger partial charge in [0.05, 0.1) is 0 Å². The highest BCUT2D eigenvalue weighted by Gasteiger charge is 2.46. The van der Waals surface area contributed by atoms with Crippen LogP contribution in [-0.2, 0) is 0 Å². The van der Waals surface area contributed by atoms with Crippen LogP contribution in [-0.4, -0.2) is 30.2 Å². The third-order valence-electron chi connectivity index (χ3n) is 3.25. The largest absolute Gasteiger partial charge is 0.404 e. The third kappa shape index (κ3) is 3.10. The Balaban J connectivity index is 2.66. The molecule has 0 radical (unpaired) electrons. The second-order valence-corrected chi connectivity index (χ2v) is 4.79. The SMILES string of the molecule is CCC1CCN(C(C(C)C)C(F)(F)F)C1. The van der Waals surface area contributed by atoms with E-state index in [0.717, 1.165) is 12.8 Å². The highest BCUT2D eigenvalue weighted by atomic mass is 19.4. The number of rotatable bonds is 3. The van der Waals surface area contributed by atoms with Crippen molar-refractivity contribution in [3.63, 3.8) is 0 Å². The molecular formula is C11H20F3N. The van der Waals surface area contributed by atoms with Crippen molar-refractivity contribution in [1.82, 2.24) is 4.90 Å². The Labute approximate surface area is 89.6 Å². The van der Waals surface area contributed by atoms with Crippen molar-refractivity contribution in [1.29, 1.82) is 0 Å². The zero-order chi connectivity index (χ0) is 11.6. The van der Waals surface area contributed by atoms with E-state index < -0.39 is 12.2 Å². The lowest BCUT2D eigenvalue weighted by Gasteiger charge is -2.32. The molecule has 1 rings (SSSR count). The van der Waals surface area contributed by atoms with Gasteiger partial charge in [0.2, 0.25) is 0 Å². The van der Waals surface area contributed by atoms with Crippen LogP contribution in [0.4, 0.5) is 13.2 Å². The van der Waals surface area contributed by atoms with Crippen molar-refractivity contribution in [2.45, 2.75) is 45.8 Å². The van der Waals surface area contributed by atoms with E-state index in [2.05, 4.69) is 0 Å². The number of hydrogen-bond acceptors (Lipinski definition) is 1. The standard InChI is InChI=1S/C11H20F3N/c1-4-9-5-6-15(7-9)10(8(2)3)11(12,13)14/h8-10H,4-7H2,1-3H3. The predicted molar refractivity (Wildman–Crippen MR) is 54.7 cm³/mol. The molecule has 1 aliphatic heterocycles. The number of halogens is 3. The van der Waals surface area contributed by atoms with Gasteiger partial charge in [-0.1, -0.05) is 27.2 Å². The molecule has 1 nitrogen and oxygen atoms in total. The molecule has 2 unspecified atom stereocenters. The minimum absolute atomic E-state index is 0.361. The van der Waals surface area contributed by atoms with Gasteiger partial charge in [-0.2, -0.15) is 13.2 Å². The average molecular weight is 223 g/mol.